The van der Waals surface area contributed by atoms with Gasteiger partial charge in [0.15, 0.2) is 11.6 Å². The molecular formula is C20H23Cl2FN2O4. The van der Waals surface area contributed by atoms with Gasteiger partial charge in [-0.2, -0.15) is 9.37 Å². The van der Waals surface area contributed by atoms with Crippen LogP contribution in [0.25, 0.3) is 0 Å². The van der Waals surface area contributed by atoms with Gasteiger partial charge in [-0.05, 0) is 30.0 Å². The molecule has 2 aromatic rings. The zero-order valence-corrected chi connectivity index (χ0v) is 18.0. The second-order valence-corrected chi connectivity index (χ2v) is 7.79. The number of aliphatic carboxylic acids is 1. The molecule has 2 atom stereocenters. The van der Waals surface area contributed by atoms with E-state index in [0.29, 0.717) is 12.0 Å². The molecule has 0 amide bonds. The number of nitrogens with one attached hydrogen (secondary N) is 1. The molecule has 0 aliphatic carbocycles. The van der Waals surface area contributed by atoms with Crippen molar-refractivity contribution in [3.63, 3.8) is 0 Å². The van der Waals surface area contributed by atoms with Crippen molar-refractivity contribution < 1.29 is 24.1 Å². The van der Waals surface area contributed by atoms with Crippen LogP contribution in [0.3, 0.4) is 0 Å². The third-order valence-corrected chi connectivity index (χ3v) is 5.29. The minimum atomic E-state index is -1.12. The lowest BCUT2D eigenvalue weighted by Crippen LogP contribution is -2.35. The average molecular weight is 445 g/mol. The van der Waals surface area contributed by atoms with Gasteiger partial charge >= 0.3 is 5.97 Å². The van der Waals surface area contributed by atoms with Gasteiger partial charge in [0.2, 0.25) is 5.95 Å². The quantitative estimate of drug-likeness (QED) is 0.428. The van der Waals surface area contributed by atoms with Crippen LogP contribution in [-0.2, 0) is 4.79 Å². The highest BCUT2D eigenvalue weighted by Crippen LogP contribution is 2.42. The van der Waals surface area contributed by atoms with Crippen LogP contribution in [0.4, 0.5) is 10.2 Å². The number of anilines is 1. The maximum Gasteiger partial charge on any atom is 0.326 e. The molecule has 1 aromatic heterocycles. The number of halogens is 3. The molecule has 0 spiro atoms. The number of aromatic hydroxyl groups is 1. The lowest BCUT2D eigenvalue weighted by atomic mass is 9.99. The number of hydrogen-bond acceptors (Lipinski definition) is 5. The molecule has 0 saturated carbocycles. The van der Waals surface area contributed by atoms with Crippen LogP contribution in [0.5, 0.6) is 17.2 Å². The standard InChI is InChI=1S/C20H23Cl2FN2O4/c1-5-10(4)16(20(27)28)24-19-15(22)17(14(21)18(23)25-19)29-11-6-7-13(26)12(8-11)9(2)3/h6-10,16,26H,5H2,1-4H3,(H,24,25)(H,27,28). The maximum absolute atomic E-state index is 14.3. The Morgan fingerprint density at radius 2 is 1.93 bits per heavy atom. The van der Waals surface area contributed by atoms with Crippen molar-refractivity contribution in [1.29, 1.82) is 0 Å². The molecule has 1 heterocycles. The zero-order valence-electron chi connectivity index (χ0n) is 16.5. The predicted octanol–water partition coefficient (Wildman–Crippen LogP) is 6.06. The normalized spacial score (nSPS) is 13.2. The van der Waals surface area contributed by atoms with Crippen LogP contribution in [0.2, 0.25) is 10.0 Å². The van der Waals surface area contributed by atoms with E-state index in [2.05, 4.69) is 10.3 Å². The van der Waals surface area contributed by atoms with E-state index in [1.165, 1.54) is 12.1 Å². The van der Waals surface area contributed by atoms with E-state index in [9.17, 15) is 19.4 Å². The lowest BCUT2D eigenvalue weighted by molar-refractivity contribution is -0.139. The first-order chi connectivity index (χ1) is 13.6. The van der Waals surface area contributed by atoms with E-state index in [-0.39, 0.29) is 39.9 Å². The van der Waals surface area contributed by atoms with E-state index < -0.39 is 23.0 Å². The van der Waals surface area contributed by atoms with Crippen molar-refractivity contribution in [2.75, 3.05) is 5.32 Å². The Hall–Kier alpha value is -2.25. The predicted molar refractivity (Wildman–Crippen MR) is 111 cm³/mol. The topological polar surface area (TPSA) is 91.7 Å². The van der Waals surface area contributed by atoms with Gasteiger partial charge in [0.1, 0.15) is 27.6 Å². The number of hydrogen-bond donors (Lipinski definition) is 3. The highest BCUT2D eigenvalue weighted by atomic mass is 35.5. The molecule has 1 aromatic carbocycles. The van der Waals surface area contributed by atoms with Crippen molar-refractivity contribution >= 4 is 35.0 Å². The molecule has 0 radical (unpaired) electrons. The molecule has 0 fully saturated rings. The minimum absolute atomic E-state index is 0.0164. The van der Waals surface area contributed by atoms with E-state index in [1.807, 2.05) is 20.8 Å². The van der Waals surface area contributed by atoms with Crippen molar-refractivity contribution in [2.45, 2.75) is 46.1 Å². The van der Waals surface area contributed by atoms with Crippen molar-refractivity contribution in [3.05, 3.63) is 39.8 Å². The van der Waals surface area contributed by atoms with Gasteiger partial charge in [0.25, 0.3) is 0 Å². The Balaban J connectivity index is 2.46. The summed E-state index contributed by atoms with van der Waals surface area (Å²) in [6.45, 7) is 7.38. The molecule has 2 unspecified atom stereocenters. The number of rotatable bonds is 8. The van der Waals surface area contributed by atoms with Gasteiger partial charge in [0.05, 0.1) is 0 Å². The van der Waals surface area contributed by atoms with Gasteiger partial charge in [0, 0.05) is 5.56 Å². The highest BCUT2D eigenvalue weighted by molar-refractivity contribution is 6.38. The smallest absolute Gasteiger partial charge is 0.326 e. The average Bonchev–Trinajstić information content (AvgIpc) is 2.67. The molecule has 2 rings (SSSR count). The van der Waals surface area contributed by atoms with Crippen LogP contribution in [0.15, 0.2) is 18.2 Å². The van der Waals surface area contributed by atoms with Crippen LogP contribution < -0.4 is 10.1 Å². The van der Waals surface area contributed by atoms with E-state index >= 15 is 0 Å². The number of carboxylic acid groups (broad SMARTS) is 1. The monoisotopic (exact) mass is 444 g/mol. The summed E-state index contributed by atoms with van der Waals surface area (Å²) in [4.78, 5) is 15.2. The Kier molecular flexibility index (Phi) is 7.54. The minimum Gasteiger partial charge on any atom is -0.508 e. The summed E-state index contributed by atoms with van der Waals surface area (Å²) in [5, 5.41) is 21.5. The number of benzene rings is 1. The largest absolute Gasteiger partial charge is 0.508 e. The summed E-state index contributed by atoms with van der Waals surface area (Å²) in [6, 6.07) is 3.50. The lowest BCUT2D eigenvalue weighted by Gasteiger charge is -2.22. The molecule has 9 heteroatoms. The molecule has 29 heavy (non-hydrogen) atoms. The summed E-state index contributed by atoms with van der Waals surface area (Å²) < 4.78 is 20.0. The van der Waals surface area contributed by atoms with Crippen molar-refractivity contribution in [1.82, 2.24) is 4.98 Å². The first-order valence-electron chi connectivity index (χ1n) is 9.11. The van der Waals surface area contributed by atoms with Gasteiger partial charge < -0.3 is 20.3 Å². The molecule has 3 N–H and O–H groups in total. The number of nitrogens with zero attached hydrogens (tertiary/aromatic N) is 1. The Bertz CT molecular complexity index is 909. The second-order valence-electron chi connectivity index (χ2n) is 7.03. The Labute approximate surface area is 178 Å². The maximum atomic E-state index is 14.3. The van der Waals surface area contributed by atoms with Crippen molar-refractivity contribution in [3.8, 4) is 17.2 Å². The van der Waals surface area contributed by atoms with Gasteiger partial charge in [-0.25, -0.2) is 4.79 Å². The summed E-state index contributed by atoms with van der Waals surface area (Å²) in [5.41, 5.74) is 0.630. The number of phenols is 1. The Morgan fingerprint density at radius 3 is 2.48 bits per heavy atom. The first kappa shape index (κ1) is 23.0. The summed E-state index contributed by atoms with van der Waals surface area (Å²) >= 11 is 12.3. The van der Waals surface area contributed by atoms with E-state index in [0.717, 1.165) is 0 Å². The SMILES string of the molecule is CCC(C)C(Nc1nc(F)c(Cl)c(Oc2ccc(O)c(C(C)C)c2)c1Cl)C(=O)O. The fourth-order valence-corrected chi connectivity index (χ4v) is 3.14. The molecule has 0 aliphatic rings. The number of carboxylic acids is 1. The van der Waals surface area contributed by atoms with Crippen LogP contribution in [0, 0.1) is 11.9 Å². The summed E-state index contributed by atoms with van der Waals surface area (Å²) in [5.74, 6) is -2.41. The second kappa shape index (κ2) is 9.50. The highest BCUT2D eigenvalue weighted by Gasteiger charge is 2.27. The molecule has 158 valence electrons. The van der Waals surface area contributed by atoms with Crippen LogP contribution >= 0.6 is 23.2 Å². The fraction of sp³-hybridized carbons (Fsp3) is 0.400. The van der Waals surface area contributed by atoms with Gasteiger partial charge in [-0.15, -0.1) is 0 Å². The fourth-order valence-electron chi connectivity index (χ4n) is 2.69. The van der Waals surface area contributed by atoms with Gasteiger partial charge in [-0.3, -0.25) is 0 Å². The first-order valence-corrected chi connectivity index (χ1v) is 9.86. The summed E-state index contributed by atoms with van der Waals surface area (Å²) in [7, 11) is 0. The third-order valence-electron chi connectivity index (χ3n) is 4.61. The van der Waals surface area contributed by atoms with Crippen molar-refractivity contribution in [2.24, 2.45) is 5.92 Å². The molecule has 0 aliphatic heterocycles. The molecule has 6 nitrogen and oxygen atoms in total. The number of carbonyl (C=O) groups is 1. The summed E-state index contributed by atoms with van der Waals surface area (Å²) in [6.07, 6.45) is 0.576. The molecular weight excluding hydrogens is 422 g/mol. The number of ether oxygens (including phenoxy) is 1. The van der Waals surface area contributed by atoms with Crippen LogP contribution in [0.1, 0.15) is 45.6 Å². The molecule has 0 bridgehead atoms. The number of phenolic OH excluding ortho intramolecular Hbond substituents is 1. The number of aromatic nitrogens is 1. The van der Waals surface area contributed by atoms with E-state index in [1.54, 1.807) is 13.0 Å². The van der Waals surface area contributed by atoms with E-state index in [4.69, 9.17) is 27.9 Å². The molecule has 0 saturated heterocycles. The zero-order chi connectivity index (χ0) is 21.9. The third kappa shape index (κ3) is 5.22. The van der Waals surface area contributed by atoms with Crippen LogP contribution in [-0.4, -0.2) is 27.2 Å². The number of pyridine rings is 1. The Morgan fingerprint density at radius 1 is 1.28 bits per heavy atom. The van der Waals surface area contributed by atoms with Gasteiger partial charge in [-0.1, -0.05) is 57.3 Å².